The standard InChI is InChI=1S/C18H28N2O3/c21-9-11-23-15-6-4-14(5-7-15)12-20-17-3-1-2-16(17)18-13-22-10-8-19-18/h4-7,16-21H,1-3,8-13H2. The average molecular weight is 320 g/mol. The molecular weight excluding hydrogens is 292 g/mol. The number of aliphatic hydroxyl groups is 1. The van der Waals surface area contributed by atoms with Crippen molar-refractivity contribution in [1.29, 1.82) is 0 Å². The Balaban J connectivity index is 1.48. The Morgan fingerprint density at radius 3 is 2.87 bits per heavy atom. The number of hydrogen-bond acceptors (Lipinski definition) is 5. The number of ether oxygens (including phenoxy) is 2. The molecule has 3 N–H and O–H groups in total. The second-order valence-corrected chi connectivity index (χ2v) is 6.43. The molecule has 3 atom stereocenters. The zero-order chi connectivity index (χ0) is 15.9. The molecule has 0 radical (unpaired) electrons. The highest BCUT2D eigenvalue weighted by atomic mass is 16.5. The third-order valence-electron chi connectivity index (χ3n) is 4.89. The van der Waals surface area contributed by atoms with E-state index in [-0.39, 0.29) is 6.61 Å². The summed E-state index contributed by atoms with van der Waals surface area (Å²) >= 11 is 0. The lowest BCUT2D eigenvalue weighted by molar-refractivity contribution is 0.0524. The summed E-state index contributed by atoms with van der Waals surface area (Å²) in [6, 6.07) is 9.18. The van der Waals surface area contributed by atoms with Crippen molar-refractivity contribution in [1.82, 2.24) is 10.6 Å². The number of rotatable bonds is 7. The Morgan fingerprint density at radius 2 is 2.13 bits per heavy atom. The van der Waals surface area contributed by atoms with E-state index in [0.717, 1.165) is 32.1 Å². The zero-order valence-electron chi connectivity index (χ0n) is 13.7. The molecule has 2 aliphatic rings. The molecule has 128 valence electrons. The monoisotopic (exact) mass is 320 g/mol. The van der Waals surface area contributed by atoms with Crippen LogP contribution in [-0.2, 0) is 11.3 Å². The molecule has 1 heterocycles. The smallest absolute Gasteiger partial charge is 0.119 e. The van der Waals surface area contributed by atoms with E-state index in [9.17, 15) is 0 Å². The van der Waals surface area contributed by atoms with Crippen molar-refractivity contribution in [2.45, 2.75) is 37.9 Å². The molecule has 0 spiro atoms. The SMILES string of the molecule is OCCOc1ccc(CNC2CCCC2C2COCCN2)cc1. The van der Waals surface area contributed by atoms with Crippen molar-refractivity contribution in [2.75, 3.05) is 33.0 Å². The van der Waals surface area contributed by atoms with Crippen molar-refractivity contribution in [2.24, 2.45) is 5.92 Å². The van der Waals surface area contributed by atoms with Gasteiger partial charge >= 0.3 is 0 Å². The van der Waals surface area contributed by atoms with Crippen LogP contribution in [0.25, 0.3) is 0 Å². The maximum absolute atomic E-state index is 8.77. The summed E-state index contributed by atoms with van der Waals surface area (Å²) in [5.74, 6) is 1.48. The van der Waals surface area contributed by atoms with Crippen LogP contribution >= 0.6 is 0 Å². The van der Waals surface area contributed by atoms with Crippen LogP contribution in [0.4, 0.5) is 0 Å². The van der Waals surface area contributed by atoms with E-state index in [1.165, 1.54) is 24.8 Å². The summed E-state index contributed by atoms with van der Waals surface area (Å²) in [6.07, 6.45) is 3.83. The highest BCUT2D eigenvalue weighted by molar-refractivity contribution is 5.27. The first-order chi connectivity index (χ1) is 11.4. The van der Waals surface area contributed by atoms with Crippen molar-refractivity contribution < 1.29 is 14.6 Å². The van der Waals surface area contributed by atoms with Gasteiger partial charge in [-0.15, -0.1) is 0 Å². The minimum Gasteiger partial charge on any atom is -0.491 e. The van der Waals surface area contributed by atoms with Crippen LogP contribution in [-0.4, -0.2) is 50.2 Å². The fraction of sp³-hybridized carbons (Fsp3) is 0.667. The molecule has 1 saturated carbocycles. The third kappa shape index (κ3) is 4.67. The normalized spacial score (nSPS) is 28.0. The molecule has 0 bridgehead atoms. The Hall–Kier alpha value is -1.14. The van der Waals surface area contributed by atoms with E-state index >= 15 is 0 Å². The highest BCUT2D eigenvalue weighted by Crippen LogP contribution is 2.29. The number of benzene rings is 1. The van der Waals surface area contributed by atoms with Gasteiger partial charge < -0.3 is 25.2 Å². The van der Waals surface area contributed by atoms with Gasteiger partial charge in [0.25, 0.3) is 0 Å². The Kier molecular flexibility index (Phi) is 6.28. The van der Waals surface area contributed by atoms with Gasteiger partial charge in [-0.25, -0.2) is 0 Å². The Labute approximate surface area is 138 Å². The van der Waals surface area contributed by atoms with Crippen molar-refractivity contribution in [3.63, 3.8) is 0 Å². The van der Waals surface area contributed by atoms with E-state index in [1.807, 2.05) is 12.1 Å². The van der Waals surface area contributed by atoms with Gasteiger partial charge in [-0.3, -0.25) is 0 Å². The maximum Gasteiger partial charge on any atom is 0.119 e. The minimum atomic E-state index is 0.0469. The summed E-state index contributed by atoms with van der Waals surface area (Å²) in [5.41, 5.74) is 1.26. The van der Waals surface area contributed by atoms with E-state index in [4.69, 9.17) is 14.6 Å². The summed E-state index contributed by atoms with van der Waals surface area (Å²) in [4.78, 5) is 0. The van der Waals surface area contributed by atoms with Crippen LogP contribution in [0.1, 0.15) is 24.8 Å². The van der Waals surface area contributed by atoms with Crippen LogP contribution in [0.5, 0.6) is 5.75 Å². The molecule has 0 aromatic heterocycles. The molecule has 1 saturated heterocycles. The number of nitrogens with one attached hydrogen (secondary N) is 2. The number of morpholine rings is 1. The van der Waals surface area contributed by atoms with Gasteiger partial charge in [0.15, 0.2) is 0 Å². The fourth-order valence-electron chi connectivity index (χ4n) is 3.70. The lowest BCUT2D eigenvalue weighted by atomic mass is 9.94. The average Bonchev–Trinajstić information content (AvgIpc) is 3.08. The summed E-state index contributed by atoms with van der Waals surface area (Å²) < 4.78 is 11.0. The Morgan fingerprint density at radius 1 is 1.26 bits per heavy atom. The molecule has 1 aliphatic carbocycles. The van der Waals surface area contributed by atoms with Crippen molar-refractivity contribution >= 4 is 0 Å². The van der Waals surface area contributed by atoms with Gasteiger partial charge in [0.2, 0.25) is 0 Å². The molecular formula is C18H28N2O3. The predicted molar refractivity (Wildman–Crippen MR) is 89.6 cm³/mol. The molecule has 3 unspecified atom stereocenters. The second-order valence-electron chi connectivity index (χ2n) is 6.43. The lowest BCUT2D eigenvalue weighted by Gasteiger charge is -2.33. The van der Waals surface area contributed by atoms with Crippen LogP contribution in [0, 0.1) is 5.92 Å². The minimum absolute atomic E-state index is 0.0469. The summed E-state index contributed by atoms with van der Waals surface area (Å²) in [6.45, 7) is 3.94. The first kappa shape index (κ1) is 16.7. The first-order valence-electron chi connectivity index (χ1n) is 8.74. The van der Waals surface area contributed by atoms with Gasteiger partial charge in [-0.2, -0.15) is 0 Å². The molecule has 5 nitrogen and oxygen atoms in total. The first-order valence-corrected chi connectivity index (χ1v) is 8.74. The molecule has 5 heteroatoms. The zero-order valence-corrected chi connectivity index (χ0v) is 13.7. The molecule has 3 rings (SSSR count). The fourth-order valence-corrected chi connectivity index (χ4v) is 3.70. The molecule has 1 aromatic carbocycles. The van der Waals surface area contributed by atoms with Crippen LogP contribution in [0.2, 0.25) is 0 Å². The second kappa shape index (κ2) is 8.64. The van der Waals surface area contributed by atoms with E-state index < -0.39 is 0 Å². The van der Waals surface area contributed by atoms with E-state index in [1.54, 1.807) is 0 Å². The molecule has 1 aromatic rings. The van der Waals surface area contributed by atoms with Crippen LogP contribution in [0.3, 0.4) is 0 Å². The van der Waals surface area contributed by atoms with Gasteiger partial charge in [-0.05, 0) is 36.5 Å². The third-order valence-corrected chi connectivity index (χ3v) is 4.89. The van der Waals surface area contributed by atoms with Gasteiger partial charge in [0.05, 0.1) is 19.8 Å². The van der Waals surface area contributed by atoms with E-state index in [0.29, 0.717) is 24.6 Å². The van der Waals surface area contributed by atoms with Crippen LogP contribution < -0.4 is 15.4 Å². The van der Waals surface area contributed by atoms with Gasteiger partial charge in [0.1, 0.15) is 12.4 Å². The van der Waals surface area contributed by atoms with Gasteiger partial charge in [-0.1, -0.05) is 18.6 Å². The quantitative estimate of drug-likeness (QED) is 0.707. The van der Waals surface area contributed by atoms with Crippen LogP contribution in [0.15, 0.2) is 24.3 Å². The molecule has 0 amide bonds. The van der Waals surface area contributed by atoms with Crippen molar-refractivity contribution in [3.8, 4) is 5.75 Å². The number of aliphatic hydroxyl groups excluding tert-OH is 1. The molecule has 23 heavy (non-hydrogen) atoms. The molecule has 1 aliphatic heterocycles. The topological polar surface area (TPSA) is 62.8 Å². The lowest BCUT2D eigenvalue weighted by Crippen LogP contribution is -2.50. The van der Waals surface area contributed by atoms with Gasteiger partial charge in [0, 0.05) is 25.2 Å². The highest BCUT2D eigenvalue weighted by Gasteiger charge is 2.34. The summed E-state index contributed by atoms with van der Waals surface area (Å²) in [7, 11) is 0. The largest absolute Gasteiger partial charge is 0.491 e. The molecule has 2 fully saturated rings. The number of hydrogen-bond donors (Lipinski definition) is 3. The maximum atomic E-state index is 8.77. The predicted octanol–water partition coefficient (Wildman–Crippen LogP) is 1.30. The summed E-state index contributed by atoms with van der Waals surface area (Å²) in [5, 5.41) is 16.1. The Bertz CT molecular complexity index is 460. The van der Waals surface area contributed by atoms with E-state index in [2.05, 4.69) is 22.8 Å². The van der Waals surface area contributed by atoms with Crippen molar-refractivity contribution in [3.05, 3.63) is 29.8 Å².